The van der Waals surface area contributed by atoms with Crippen LogP contribution in [0.5, 0.6) is 0 Å². The average Bonchev–Trinajstić information content (AvgIpc) is 3.52. The number of aromatic amines is 1. The number of thioether (sulfide) groups is 1. The van der Waals surface area contributed by atoms with Crippen molar-refractivity contribution in [2.45, 2.75) is 25.8 Å². The fourth-order valence-electron chi connectivity index (χ4n) is 3.60. The van der Waals surface area contributed by atoms with Crippen molar-refractivity contribution in [2.24, 2.45) is 4.99 Å². The number of aromatic nitrogens is 3. The van der Waals surface area contributed by atoms with Crippen molar-refractivity contribution < 1.29 is 0 Å². The molecule has 2 aromatic heterocycles. The van der Waals surface area contributed by atoms with E-state index in [9.17, 15) is 0 Å². The first-order valence-electron chi connectivity index (χ1n) is 10.4. The molecule has 3 heterocycles. The highest BCUT2D eigenvalue weighted by Crippen LogP contribution is 2.28. The van der Waals surface area contributed by atoms with Crippen molar-refractivity contribution in [3.05, 3.63) is 71.8 Å². The van der Waals surface area contributed by atoms with Crippen molar-refractivity contribution in [1.29, 1.82) is 0 Å². The number of thiazole rings is 1. The summed E-state index contributed by atoms with van der Waals surface area (Å²) in [7, 11) is 0. The van der Waals surface area contributed by atoms with Gasteiger partial charge in [0, 0.05) is 31.0 Å². The van der Waals surface area contributed by atoms with E-state index in [0.717, 1.165) is 52.3 Å². The van der Waals surface area contributed by atoms with Gasteiger partial charge in [0.2, 0.25) is 0 Å². The van der Waals surface area contributed by atoms with Gasteiger partial charge in [-0.1, -0.05) is 47.4 Å². The van der Waals surface area contributed by atoms with Gasteiger partial charge in [-0.3, -0.25) is 0 Å². The summed E-state index contributed by atoms with van der Waals surface area (Å²) in [5.41, 5.74) is 5.68. The Balaban J connectivity index is 1.13. The number of fused-ring (bicyclic) bond motifs is 1. The summed E-state index contributed by atoms with van der Waals surface area (Å²) in [6.45, 7) is 2.97. The average molecular weight is 449 g/mol. The highest BCUT2D eigenvalue weighted by atomic mass is 32.2. The smallest absolute Gasteiger partial charge is 0.183 e. The molecule has 5 rings (SSSR count). The van der Waals surface area contributed by atoms with Crippen LogP contribution >= 0.6 is 23.1 Å². The van der Waals surface area contributed by atoms with Gasteiger partial charge in [0.15, 0.2) is 10.3 Å². The molecule has 8 heteroatoms. The van der Waals surface area contributed by atoms with Crippen molar-refractivity contribution in [2.75, 3.05) is 17.6 Å². The molecule has 1 fully saturated rings. The van der Waals surface area contributed by atoms with E-state index in [1.54, 1.807) is 29.4 Å². The summed E-state index contributed by atoms with van der Waals surface area (Å²) in [5, 5.41) is 8.94. The van der Waals surface area contributed by atoms with Crippen LogP contribution in [0.2, 0.25) is 0 Å². The molecule has 3 N–H and O–H groups in total. The standard InChI is InChI=1S/C23H24N6S2/c1-15-3-2-4-20-21(15)29-22(31-20)25-10-9-16-5-7-17(8-6-16)27-23-28-19(13-30-23)11-18-12-24-14-26-18/h2-8,12,14,19H,9-11,13H2,1H3,(H,24,26)(H,25,29)(H,27,28)/t19-/m0/s1. The van der Waals surface area contributed by atoms with Gasteiger partial charge in [0.1, 0.15) is 0 Å². The molecule has 4 aromatic rings. The van der Waals surface area contributed by atoms with Crippen LogP contribution in [-0.2, 0) is 12.8 Å². The number of aliphatic imine (C=N–C) groups is 1. The lowest BCUT2D eigenvalue weighted by Crippen LogP contribution is -2.28. The van der Waals surface area contributed by atoms with Gasteiger partial charge >= 0.3 is 0 Å². The molecule has 0 bridgehead atoms. The molecule has 31 heavy (non-hydrogen) atoms. The number of anilines is 1. The third-order valence-electron chi connectivity index (χ3n) is 5.24. The molecule has 0 spiro atoms. The Morgan fingerprint density at radius 2 is 2.10 bits per heavy atom. The van der Waals surface area contributed by atoms with Crippen molar-refractivity contribution in [3.63, 3.8) is 0 Å². The molecule has 0 radical (unpaired) electrons. The first kappa shape index (κ1) is 20.1. The number of nitrogens with zero attached hydrogens (tertiary/aromatic N) is 3. The second-order valence-corrected chi connectivity index (χ2v) is 9.66. The summed E-state index contributed by atoms with van der Waals surface area (Å²) in [6, 6.07) is 15.2. The molecule has 0 saturated carbocycles. The number of imidazole rings is 1. The van der Waals surface area contributed by atoms with Crippen LogP contribution in [0.15, 0.2) is 60.0 Å². The van der Waals surface area contributed by atoms with Crippen molar-refractivity contribution in [1.82, 2.24) is 20.3 Å². The van der Waals surface area contributed by atoms with Gasteiger partial charge in [-0.25, -0.2) is 15.0 Å². The van der Waals surface area contributed by atoms with Crippen LogP contribution in [0.25, 0.3) is 10.2 Å². The lowest BCUT2D eigenvalue weighted by molar-refractivity contribution is 0.678. The quantitative estimate of drug-likeness (QED) is 0.374. The van der Waals surface area contributed by atoms with Crippen LogP contribution < -0.4 is 10.6 Å². The fourth-order valence-corrected chi connectivity index (χ4v) is 5.55. The molecule has 0 amide bonds. The lowest BCUT2D eigenvalue weighted by Gasteiger charge is -2.07. The van der Waals surface area contributed by atoms with Crippen LogP contribution in [0.3, 0.4) is 0 Å². The first-order chi connectivity index (χ1) is 15.2. The summed E-state index contributed by atoms with van der Waals surface area (Å²) >= 11 is 3.48. The monoisotopic (exact) mass is 448 g/mol. The minimum absolute atomic E-state index is 0.378. The number of hydrogen-bond donors (Lipinski definition) is 3. The Labute approximate surface area is 189 Å². The number of amidine groups is 1. The van der Waals surface area contributed by atoms with Crippen molar-refractivity contribution >= 4 is 49.3 Å². The van der Waals surface area contributed by atoms with E-state index in [0.29, 0.717) is 6.04 Å². The molecule has 1 aliphatic rings. The third kappa shape index (κ3) is 4.91. The van der Waals surface area contributed by atoms with E-state index in [1.807, 2.05) is 6.20 Å². The van der Waals surface area contributed by atoms with Gasteiger partial charge in [-0.2, -0.15) is 0 Å². The molecule has 1 aliphatic heterocycles. The number of nitrogens with one attached hydrogen (secondary N) is 3. The highest BCUT2D eigenvalue weighted by molar-refractivity contribution is 8.14. The lowest BCUT2D eigenvalue weighted by atomic mass is 10.1. The number of rotatable bonds is 7. The van der Waals surface area contributed by atoms with Crippen molar-refractivity contribution in [3.8, 4) is 0 Å². The van der Waals surface area contributed by atoms with Gasteiger partial charge in [0.25, 0.3) is 0 Å². The Bertz CT molecular complexity index is 1180. The van der Waals surface area contributed by atoms with Gasteiger partial charge in [-0.05, 0) is 42.7 Å². The topological polar surface area (TPSA) is 78.0 Å². The van der Waals surface area contributed by atoms with E-state index in [4.69, 9.17) is 9.98 Å². The van der Waals surface area contributed by atoms with Gasteiger partial charge in [-0.15, -0.1) is 0 Å². The molecule has 0 unspecified atom stereocenters. The van der Waals surface area contributed by atoms with E-state index < -0.39 is 0 Å². The Morgan fingerprint density at radius 1 is 1.19 bits per heavy atom. The summed E-state index contributed by atoms with van der Waals surface area (Å²) in [5.74, 6) is 1.01. The minimum atomic E-state index is 0.378. The Kier molecular flexibility index (Phi) is 5.90. The van der Waals surface area contributed by atoms with E-state index in [1.165, 1.54) is 15.8 Å². The zero-order valence-corrected chi connectivity index (χ0v) is 18.9. The first-order valence-corrected chi connectivity index (χ1v) is 12.2. The molecular weight excluding hydrogens is 424 g/mol. The zero-order valence-electron chi connectivity index (χ0n) is 17.3. The molecule has 6 nitrogen and oxygen atoms in total. The predicted molar refractivity (Wildman–Crippen MR) is 132 cm³/mol. The van der Waals surface area contributed by atoms with Gasteiger partial charge in [0.05, 0.1) is 27.9 Å². The van der Waals surface area contributed by atoms with E-state index in [-0.39, 0.29) is 0 Å². The molecule has 1 saturated heterocycles. The second kappa shape index (κ2) is 9.11. The van der Waals surface area contributed by atoms with E-state index >= 15 is 0 Å². The molecule has 2 aromatic carbocycles. The highest BCUT2D eigenvalue weighted by Gasteiger charge is 2.21. The molecular formula is C23H24N6S2. The number of aryl methyl sites for hydroxylation is 1. The maximum Gasteiger partial charge on any atom is 0.183 e. The second-order valence-electron chi connectivity index (χ2n) is 7.62. The molecule has 1 atom stereocenters. The predicted octanol–water partition coefficient (Wildman–Crippen LogP) is 4.92. The minimum Gasteiger partial charge on any atom is -0.361 e. The maximum absolute atomic E-state index is 4.76. The molecule has 0 aliphatic carbocycles. The maximum atomic E-state index is 4.76. The van der Waals surface area contributed by atoms with Gasteiger partial charge < -0.3 is 15.6 Å². The summed E-state index contributed by atoms with van der Waals surface area (Å²) in [4.78, 5) is 16.8. The van der Waals surface area contributed by atoms with Crippen LogP contribution in [0.1, 0.15) is 16.8 Å². The number of H-pyrrole nitrogens is 1. The zero-order chi connectivity index (χ0) is 21.0. The third-order valence-corrected chi connectivity index (χ3v) is 7.27. The normalized spacial score (nSPS) is 17.3. The Hall–Kier alpha value is -2.84. The van der Waals surface area contributed by atoms with Crippen LogP contribution in [0.4, 0.5) is 10.8 Å². The largest absolute Gasteiger partial charge is 0.361 e. The van der Waals surface area contributed by atoms with E-state index in [2.05, 4.69) is 70.0 Å². The fraction of sp³-hybridized carbons (Fsp3) is 0.261. The summed E-state index contributed by atoms with van der Waals surface area (Å²) < 4.78 is 1.23. The molecule has 158 valence electrons. The number of hydrogen-bond acceptors (Lipinski definition) is 6. The Morgan fingerprint density at radius 3 is 2.90 bits per heavy atom. The number of para-hydroxylation sites is 1. The number of benzene rings is 2. The summed E-state index contributed by atoms with van der Waals surface area (Å²) in [6.07, 6.45) is 5.54. The van der Waals surface area contributed by atoms with Crippen LogP contribution in [-0.4, -0.2) is 38.5 Å². The van der Waals surface area contributed by atoms with Crippen LogP contribution in [0, 0.1) is 6.92 Å². The SMILES string of the molecule is Cc1cccc2sc(NCCc3ccc(/N=C4/N[C@@H](Cc5c[nH]cn5)CS4)cc3)nc12.